The van der Waals surface area contributed by atoms with Crippen LogP contribution in [0, 0.1) is 23.6 Å². The molecule has 220 valence electrons. The fraction of sp³-hybridized carbons (Fsp3) is 0.353. The summed E-state index contributed by atoms with van der Waals surface area (Å²) in [6.45, 7) is 0. The molecule has 2 heterocycles. The average Bonchev–Trinajstić information content (AvgIpc) is 3.00. The minimum atomic E-state index is -0.750. The van der Waals surface area contributed by atoms with E-state index in [-0.39, 0.29) is 63.6 Å². The lowest BCUT2D eigenvalue weighted by molar-refractivity contribution is -0.136. The number of aromatic nitrogens is 2. The van der Waals surface area contributed by atoms with Crippen molar-refractivity contribution < 1.29 is 23.8 Å². The summed E-state index contributed by atoms with van der Waals surface area (Å²) in [5.41, 5.74) is 0.218. The first-order valence-corrected chi connectivity index (χ1v) is 14.7. The van der Waals surface area contributed by atoms with Crippen molar-refractivity contribution in [2.45, 2.75) is 50.2 Å². The Morgan fingerprint density at radius 1 is 1.07 bits per heavy atom. The van der Waals surface area contributed by atoms with Crippen LogP contribution in [0.25, 0.3) is 16.7 Å². The third-order valence-electron chi connectivity index (χ3n) is 9.64. The smallest absolute Gasteiger partial charge is 0.355 e. The highest BCUT2D eigenvalue weighted by Gasteiger charge is 2.55. The molecule has 0 saturated heterocycles. The highest BCUT2D eigenvalue weighted by Crippen LogP contribution is 2.55. The summed E-state index contributed by atoms with van der Waals surface area (Å²) < 4.78 is 22.3. The lowest BCUT2D eigenvalue weighted by Gasteiger charge is -2.58. The number of hydrogen-bond acceptors (Lipinski definition) is 6. The quantitative estimate of drug-likeness (QED) is 0.323. The van der Waals surface area contributed by atoms with Crippen molar-refractivity contribution in [1.82, 2.24) is 14.9 Å². The molecule has 5 atom stereocenters. The summed E-state index contributed by atoms with van der Waals surface area (Å²) in [5, 5.41) is 14.3. The molecule has 0 radical (unpaired) electrons. The Bertz CT molecular complexity index is 1800. The zero-order valence-electron chi connectivity index (χ0n) is 23.8. The predicted molar refractivity (Wildman–Crippen MR) is 158 cm³/mol. The number of methoxy groups -OCH3 is 1. The van der Waals surface area contributed by atoms with Crippen molar-refractivity contribution in [2.24, 2.45) is 17.8 Å². The van der Waals surface area contributed by atoms with Crippen molar-refractivity contribution in [2.75, 3.05) is 7.11 Å². The maximum Gasteiger partial charge on any atom is 0.355 e. The van der Waals surface area contributed by atoms with E-state index in [2.05, 4.69) is 10.3 Å². The van der Waals surface area contributed by atoms with E-state index in [1.165, 1.54) is 25.4 Å². The van der Waals surface area contributed by atoms with Gasteiger partial charge in [0, 0.05) is 35.5 Å². The number of carbonyl (C=O) groups excluding carboxylic acids is 2. The van der Waals surface area contributed by atoms with Gasteiger partial charge in [-0.1, -0.05) is 24.3 Å². The van der Waals surface area contributed by atoms with Crippen molar-refractivity contribution in [3.8, 4) is 5.69 Å². The highest BCUT2D eigenvalue weighted by molar-refractivity contribution is 5.95. The first-order valence-electron chi connectivity index (χ1n) is 14.7. The van der Waals surface area contributed by atoms with Gasteiger partial charge in [0.1, 0.15) is 17.2 Å². The van der Waals surface area contributed by atoms with Crippen LogP contribution in [-0.4, -0.2) is 45.3 Å². The molecule has 4 aliphatic rings. The SMILES string of the molecule is COC(=O)c1c(Cc2ccc(C(=O)N[C@@H]3[C@@H]4C[C@@H]5C[C@H]3C[C@](O)(C5)C4)cc2F)c(=O)c2cccnc2n1-c1ccccc1. The third kappa shape index (κ3) is 4.72. The second-order valence-corrected chi connectivity index (χ2v) is 12.4. The minimum Gasteiger partial charge on any atom is -0.464 e. The van der Waals surface area contributed by atoms with E-state index in [1.54, 1.807) is 47.0 Å². The van der Waals surface area contributed by atoms with E-state index in [4.69, 9.17) is 4.74 Å². The number of nitrogens with zero attached hydrogens (tertiary/aromatic N) is 2. The number of fused-ring (bicyclic) bond motifs is 1. The summed E-state index contributed by atoms with van der Waals surface area (Å²) >= 11 is 0. The number of hydrogen-bond donors (Lipinski definition) is 2. The molecule has 4 bridgehead atoms. The van der Waals surface area contributed by atoms with Gasteiger partial charge in [0.05, 0.1) is 18.1 Å². The fourth-order valence-corrected chi connectivity index (χ4v) is 8.04. The number of nitrogens with one attached hydrogen (secondary N) is 1. The van der Waals surface area contributed by atoms with Gasteiger partial charge in [-0.25, -0.2) is 14.2 Å². The monoisotopic (exact) mass is 581 g/mol. The van der Waals surface area contributed by atoms with Gasteiger partial charge in [0.2, 0.25) is 0 Å². The van der Waals surface area contributed by atoms with Crippen molar-refractivity contribution >= 4 is 22.9 Å². The van der Waals surface area contributed by atoms with Gasteiger partial charge < -0.3 is 15.2 Å². The predicted octanol–water partition coefficient (Wildman–Crippen LogP) is 4.57. The Hall–Kier alpha value is -4.37. The molecule has 4 fully saturated rings. The van der Waals surface area contributed by atoms with Gasteiger partial charge in [-0.2, -0.15) is 0 Å². The third-order valence-corrected chi connectivity index (χ3v) is 9.64. The molecule has 0 aliphatic heterocycles. The first kappa shape index (κ1) is 27.5. The Morgan fingerprint density at radius 3 is 2.49 bits per heavy atom. The Kier molecular flexibility index (Phi) is 6.65. The van der Waals surface area contributed by atoms with Gasteiger partial charge in [-0.3, -0.25) is 14.2 Å². The maximum absolute atomic E-state index is 15.6. The number of esters is 1. The molecule has 9 heteroatoms. The van der Waals surface area contributed by atoms with E-state index >= 15 is 4.39 Å². The van der Waals surface area contributed by atoms with Crippen LogP contribution in [0.15, 0.2) is 71.7 Å². The zero-order valence-corrected chi connectivity index (χ0v) is 23.8. The molecule has 2 aromatic carbocycles. The average molecular weight is 582 g/mol. The molecule has 8 nitrogen and oxygen atoms in total. The van der Waals surface area contributed by atoms with Gasteiger partial charge in [-0.05, 0) is 91.8 Å². The summed E-state index contributed by atoms with van der Waals surface area (Å²) in [7, 11) is 1.23. The second kappa shape index (κ2) is 10.4. The number of para-hydroxylation sites is 1. The van der Waals surface area contributed by atoms with Crippen LogP contribution in [0.4, 0.5) is 4.39 Å². The van der Waals surface area contributed by atoms with Gasteiger partial charge >= 0.3 is 5.97 Å². The van der Waals surface area contributed by atoms with Crippen LogP contribution in [0.5, 0.6) is 0 Å². The van der Waals surface area contributed by atoms with E-state index in [0.717, 1.165) is 19.3 Å². The summed E-state index contributed by atoms with van der Waals surface area (Å²) in [6, 6.07) is 16.5. The maximum atomic E-state index is 15.6. The van der Waals surface area contributed by atoms with Crippen LogP contribution in [0.1, 0.15) is 64.1 Å². The van der Waals surface area contributed by atoms with Crippen LogP contribution in [0.3, 0.4) is 0 Å². The molecular weight excluding hydrogens is 549 g/mol. The van der Waals surface area contributed by atoms with Crippen molar-refractivity contribution in [3.63, 3.8) is 0 Å². The van der Waals surface area contributed by atoms with Gasteiger partial charge in [-0.15, -0.1) is 0 Å². The number of aliphatic hydroxyl groups is 1. The Labute approximate surface area is 247 Å². The molecule has 4 aliphatic carbocycles. The summed E-state index contributed by atoms with van der Waals surface area (Å²) in [5.74, 6) is -0.779. The molecular formula is C34H32FN3O5. The number of rotatable bonds is 6. The molecule has 4 aromatic rings. The largest absolute Gasteiger partial charge is 0.464 e. The second-order valence-electron chi connectivity index (χ2n) is 12.4. The molecule has 4 saturated carbocycles. The number of ether oxygens (including phenoxy) is 1. The van der Waals surface area contributed by atoms with Crippen LogP contribution in [0.2, 0.25) is 0 Å². The molecule has 0 spiro atoms. The first-order chi connectivity index (χ1) is 20.7. The molecule has 8 rings (SSSR count). The fourth-order valence-electron chi connectivity index (χ4n) is 8.04. The summed E-state index contributed by atoms with van der Waals surface area (Å²) in [4.78, 5) is 44.6. The Morgan fingerprint density at radius 2 is 1.81 bits per heavy atom. The van der Waals surface area contributed by atoms with E-state index < -0.39 is 22.8 Å². The lowest BCUT2D eigenvalue weighted by Crippen LogP contribution is -2.61. The number of benzene rings is 2. The number of amides is 1. The van der Waals surface area contributed by atoms with Crippen molar-refractivity contribution in [3.05, 3.63) is 105 Å². The summed E-state index contributed by atoms with van der Waals surface area (Å²) in [6.07, 6.45) is 5.60. The molecule has 2 N–H and O–H groups in total. The molecule has 2 aromatic heterocycles. The standard InChI is InChI=1S/C34H32FN3O5/c1-43-33(41)29-26(30(39)25-8-5-11-36-31(25)38(29)24-6-3-2-4-7-24)14-20-9-10-21(15-27(20)35)32(40)37-28-22-12-19-13-23(28)18-34(42,16-19)17-22/h2-11,15,19,22-23,28,42H,12-14,16-18H2,1H3,(H,37,40)/t19-,22-,23+,28-,34+. The topological polar surface area (TPSA) is 111 Å². The van der Waals surface area contributed by atoms with E-state index in [1.807, 2.05) is 6.07 Å². The minimum absolute atomic E-state index is 0.0302. The van der Waals surface area contributed by atoms with Crippen LogP contribution < -0.4 is 10.7 Å². The number of carbonyl (C=O) groups is 2. The van der Waals surface area contributed by atoms with E-state index in [0.29, 0.717) is 24.4 Å². The highest BCUT2D eigenvalue weighted by atomic mass is 19.1. The van der Waals surface area contributed by atoms with Gasteiger partial charge in [0.15, 0.2) is 5.43 Å². The van der Waals surface area contributed by atoms with Crippen LogP contribution in [-0.2, 0) is 11.2 Å². The molecule has 43 heavy (non-hydrogen) atoms. The zero-order chi connectivity index (χ0) is 29.9. The van der Waals surface area contributed by atoms with Crippen molar-refractivity contribution in [1.29, 1.82) is 0 Å². The Balaban J connectivity index is 1.23. The van der Waals surface area contributed by atoms with E-state index in [9.17, 15) is 19.5 Å². The lowest BCUT2D eigenvalue weighted by atomic mass is 9.52. The number of pyridine rings is 2. The normalized spacial score (nSPS) is 25.6. The van der Waals surface area contributed by atoms with Crippen LogP contribution >= 0.6 is 0 Å². The van der Waals surface area contributed by atoms with Gasteiger partial charge in [0.25, 0.3) is 5.91 Å². The molecule has 1 amide bonds. The molecule has 0 unspecified atom stereocenters. The number of halogens is 1.